The number of carboxylic acids is 1. The Morgan fingerprint density at radius 2 is 2.06 bits per heavy atom. The summed E-state index contributed by atoms with van der Waals surface area (Å²) < 4.78 is 26.9. The van der Waals surface area contributed by atoms with E-state index in [1.807, 2.05) is 0 Å². The number of pyridine rings is 1. The molecule has 0 amide bonds. The highest BCUT2D eigenvalue weighted by Crippen LogP contribution is 2.31. The average molecular weight is 249 g/mol. The van der Waals surface area contributed by atoms with E-state index in [0.29, 0.717) is 24.1 Å². The molecule has 1 aliphatic carbocycles. The van der Waals surface area contributed by atoms with Gasteiger partial charge >= 0.3 is 5.97 Å². The molecule has 18 heavy (non-hydrogen) atoms. The van der Waals surface area contributed by atoms with Crippen LogP contribution in [0.25, 0.3) is 10.9 Å². The molecule has 3 nitrogen and oxygen atoms in total. The zero-order valence-corrected chi connectivity index (χ0v) is 9.33. The van der Waals surface area contributed by atoms with Crippen molar-refractivity contribution in [1.82, 2.24) is 4.98 Å². The van der Waals surface area contributed by atoms with Gasteiger partial charge < -0.3 is 5.11 Å². The topological polar surface area (TPSA) is 50.2 Å². The summed E-state index contributed by atoms with van der Waals surface area (Å²) in [7, 11) is 0. The second-order valence-electron chi connectivity index (χ2n) is 4.35. The molecule has 1 aliphatic rings. The van der Waals surface area contributed by atoms with Gasteiger partial charge in [-0.15, -0.1) is 0 Å². The first-order valence-corrected chi connectivity index (χ1v) is 5.61. The van der Waals surface area contributed by atoms with Crippen molar-refractivity contribution >= 4 is 16.9 Å². The molecule has 0 bridgehead atoms. The summed E-state index contributed by atoms with van der Waals surface area (Å²) in [4.78, 5) is 15.5. The van der Waals surface area contributed by atoms with Crippen LogP contribution in [-0.2, 0) is 12.8 Å². The molecule has 92 valence electrons. The first kappa shape index (κ1) is 11.1. The van der Waals surface area contributed by atoms with Crippen LogP contribution in [0.15, 0.2) is 12.1 Å². The van der Waals surface area contributed by atoms with Crippen LogP contribution >= 0.6 is 0 Å². The molecule has 0 aliphatic heterocycles. The molecule has 1 N–H and O–H groups in total. The van der Waals surface area contributed by atoms with Gasteiger partial charge in [0, 0.05) is 17.1 Å². The minimum atomic E-state index is -1.16. The van der Waals surface area contributed by atoms with Crippen LogP contribution in [0.2, 0.25) is 0 Å². The third kappa shape index (κ3) is 1.47. The molecule has 1 heterocycles. The predicted octanol–water partition coefficient (Wildman–Crippen LogP) is 2.70. The number of benzene rings is 1. The Balaban J connectivity index is 2.50. The highest BCUT2D eigenvalue weighted by Gasteiger charge is 2.25. The number of fused-ring (bicyclic) bond motifs is 2. The van der Waals surface area contributed by atoms with Crippen molar-refractivity contribution < 1.29 is 18.7 Å². The van der Waals surface area contributed by atoms with Crippen LogP contribution in [0.4, 0.5) is 8.78 Å². The predicted molar refractivity (Wildman–Crippen MR) is 60.6 cm³/mol. The van der Waals surface area contributed by atoms with Crippen molar-refractivity contribution in [2.75, 3.05) is 0 Å². The lowest BCUT2D eigenvalue weighted by atomic mass is 10.0. The van der Waals surface area contributed by atoms with Crippen molar-refractivity contribution in [3.05, 3.63) is 40.6 Å². The van der Waals surface area contributed by atoms with E-state index in [1.165, 1.54) is 0 Å². The van der Waals surface area contributed by atoms with Crippen LogP contribution in [0, 0.1) is 11.6 Å². The van der Waals surface area contributed by atoms with Gasteiger partial charge in [-0.2, -0.15) is 0 Å². The molecule has 2 aromatic rings. The number of aryl methyl sites for hydroxylation is 1. The van der Waals surface area contributed by atoms with Crippen molar-refractivity contribution in [2.45, 2.75) is 19.3 Å². The molecule has 5 heteroatoms. The average Bonchev–Trinajstić information content (AvgIpc) is 2.73. The molecular formula is C13H9F2NO2. The molecule has 0 unspecified atom stereocenters. The molecule has 3 rings (SSSR count). The fraction of sp³-hybridized carbons (Fsp3) is 0.231. The summed E-state index contributed by atoms with van der Waals surface area (Å²) in [5, 5.41) is 9.30. The van der Waals surface area contributed by atoms with E-state index >= 15 is 0 Å². The minimum absolute atomic E-state index is 0.00843. The Kier molecular flexibility index (Phi) is 2.29. The minimum Gasteiger partial charge on any atom is -0.478 e. The zero-order valence-electron chi connectivity index (χ0n) is 9.33. The number of aromatic carboxylic acids is 1. The standard InChI is InChI=1S/C13H9F2NO2/c14-6-4-8-11(13(17)18)7-2-1-3-10(7)16-12(8)9(15)5-6/h4-5H,1-3H2,(H,17,18). The summed E-state index contributed by atoms with van der Waals surface area (Å²) in [5.74, 6) is -2.77. The van der Waals surface area contributed by atoms with Crippen molar-refractivity contribution in [2.24, 2.45) is 0 Å². The lowest BCUT2D eigenvalue weighted by Gasteiger charge is -2.09. The number of carbonyl (C=O) groups is 1. The van der Waals surface area contributed by atoms with Gasteiger partial charge in [0.05, 0.1) is 5.56 Å². The Bertz CT molecular complexity index is 682. The third-order valence-electron chi connectivity index (χ3n) is 3.25. The fourth-order valence-electron chi connectivity index (χ4n) is 2.53. The molecule has 0 fully saturated rings. The monoisotopic (exact) mass is 249 g/mol. The number of aromatic nitrogens is 1. The second kappa shape index (κ2) is 3.73. The van der Waals surface area contributed by atoms with Crippen molar-refractivity contribution in [3.8, 4) is 0 Å². The third-order valence-corrected chi connectivity index (χ3v) is 3.25. The zero-order chi connectivity index (χ0) is 12.9. The maximum atomic E-state index is 13.7. The van der Waals surface area contributed by atoms with Gasteiger partial charge in [-0.1, -0.05) is 0 Å². The van der Waals surface area contributed by atoms with Gasteiger partial charge in [-0.25, -0.2) is 18.6 Å². The summed E-state index contributed by atoms with van der Waals surface area (Å²) in [6.45, 7) is 0. The van der Waals surface area contributed by atoms with Crippen LogP contribution in [0.5, 0.6) is 0 Å². The lowest BCUT2D eigenvalue weighted by molar-refractivity contribution is 0.0698. The van der Waals surface area contributed by atoms with Crippen LogP contribution in [0.1, 0.15) is 28.0 Å². The number of nitrogens with zero attached hydrogens (tertiary/aromatic N) is 1. The number of rotatable bonds is 1. The largest absolute Gasteiger partial charge is 0.478 e. The van der Waals surface area contributed by atoms with Crippen LogP contribution in [-0.4, -0.2) is 16.1 Å². The smallest absolute Gasteiger partial charge is 0.336 e. The van der Waals surface area contributed by atoms with Crippen LogP contribution < -0.4 is 0 Å². The summed E-state index contributed by atoms with van der Waals surface area (Å²) >= 11 is 0. The van der Waals surface area contributed by atoms with E-state index in [0.717, 1.165) is 18.6 Å². The van der Waals surface area contributed by atoms with Gasteiger partial charge in [-0.3, -0.25) is 0 Å². The van der Waals surface area contributed by atoms with Gasteiger partial charge in [0.2, 0.25) is 0 Å². The maximum absolute atomic E-state index is 13.7. The lowest BCUT2D eigenvalue weighted by Crippen LogP contribution is -2.06. The van der Waals surface area contributed by atoms with E-state index in [4.69, 9.17) is 0 Å². The fourth-order valence-corrected chi connectivity index (χ4v) is 2.53. The highest BCUT2D eigenvalue weighted by atomic mass is 19.1. The SMILES string of the molecule is O=C(O)c1c2c(nc3c(F)cc(F)cc13)CCC2. The van der Waals surface area contributed by atoms with Gasteiger partial charge in [0.25, 0.3) is 0 Å². The molecule has 0 saturated heterocycles. The Morgan fingerprint density at radius 3 is 2.78 bits per heavy atom. The Morgan fingerprint density at radius 1 is 1.28 bits per heavy atom. The van der Waals surface area contributed by atoms with Gasteiger partial charge in [0.1, 0.15) is 11.3 Å². The van der Waals surface area contributed by atoms with E-state index in [2.05, 4.69) is 4.98 Å². The molecule has 1 aromatic carbocycles. The van der Waals surface area contributed by atoms with E-state index in [-0.39, 0.29) is 16.5 Å². The first-order chi connectivity index (χ1) is 8.58. The molecular weight excluding hydrogens is 240 g/mol. The molecule has 0 spiro atoms. The number of hydrogen-bond acceptors (Lipinski definition) is 2. The molecule has 0 radical (unpaired) electrons. The summed E-state index contributed by atoms with van der Waals surface area (Å²) in [5.41, 5.74) is 1.16. The Hall–Kier alpha value is -2.04. The number of hydrogen-bond donors (Lipinski definition) is 1. The van der Waals surface area contributed by atoms with E-state index in [9.17, 15) is 18.7 Å². The quantitative estimate of drug-likeness (QED) is 0.845. The molecule has 1 aromatic heterocycles. The maximum Gasteiger partial charge on any atom is 0.336 e. The Labute approximate surface area is 101 Å². The molecule has 0 saturated carbocycles. The van der Waals surface area contributed by atoms with E-state index < -0.39 is 17.6 Å². The summed E-state index contributed by atoms with van der Waals surface area (Å²) in [6.07, 6.45) is 2.03. The normalized spacial score (nSPS) is 13.9. The highest BCUT2D eigenvalue weighted by molar-refractivity contribution is 6.04. The number of carboxylic acid groups (broad SMARTS) is 1. The number of halogens is 2. The first-order valence-electron chi connectivity index (χ1n) is 5.61. The summed E-state index contributed by atoms with van der Waals surface area (Å²) in [6, 6.07) is 1.76. The van der Waals surface area contributed by atoms with E-state index in [1.54, 1.807) is 0 Å². The van der Waals surface area contributed by atoms with Gasteiger partial charge in [-0.05, 0) is 30.9 Å². The van der Waals surface area contributed by atoms with Gasteiger partial charge in [0.15, 0.2) is 5.82 Å². The second-order valence-corrected chi connectivity index (χ2v) is 4.35. The van der Waals surface area contributed by atoms with Crippen LogP contribution in [0.3, 0.4) is 0 Å². The van der Waals surface area contributed by atoms with Crippen molar-refractivity contribution in [1.29, 1.82) is 0 Å². The molecule has 0 atom stereocenters. The van der Waals surface area contributed by atoms with Crippen molar-refractivity contribution in [3.63, 3.8) is 0 Å².